The summed E-state index contributed by atoms with van der Waals surface area (Å²) in [5.41, 5.74) is 0. The van der Waals surface area contributed by atoms with E-state index in [-0.39, 0.29) is 12.2 Å². The van der Waals surface area contributed by atoms with Crippen LogP contribution in [0.3, 0.4) is 0 Å². The van der Waals surface area contributed by atoms with Crippen LogP contribution in [0.25, 0.3) is 0 Å². The van der Waals surface area contributed by atoms with Gasteiger partial charge in [-0.2, -0.15) is 0 Å². The number of hydrogen-bond donors (Lipinski definition) is 1. The molecule has 0 bridgehead atoms. The molecule has 0 aromatic carbocycles. The van der Waals surface area contributed by atoms with Gasteiger partial charge in [-0.1, -0.05) is 46.0 Å². The Balaban J connectivity index is 1.80. The molecule has 3 heteroatoms. The molecule has 1 saturated carbocycles. The van der Waals surface area contributed by atoms with Crippen molar-refractivity contribution < 1.29 is 4.79 Å². The van der Waals surface area contributed by atoms with E-state index >= 15 is 0 Å². The summed E-state index contributed by atoms with van der Waals surface area (Å²) < 4.78 is 0. The van der Waals surface area contributed by atoms with E-state index in [2.05, 4.69) is 31.0 Å². The van der Waals surface area contributed by atoms with E-state index in [1.807, 2.05) is 0 Å². The summed E-state index contributed by atoms with van der Waals surface area (Å²) in [4.78, 5) is 14.5. The lowest BCUT2D eigenvalue weighted by atomic mass is 9.87. The average molecular weight is 266 g/mol. The van der Waals surface area contributed by atoms with Crippen molar-refractivity contribution in [2.45, 2.75) is 77.9 Å². The van der Waals surface area contributed by atoms with E-state index in [1.165, 1.54) is 38.5 Å². The number of amides is 1. The van der Waals surface area contributed by atoms with Gasteiger partial charge in [-0.25, -0.2) is 0 Å². The van der Waals surface area contributed by atoms with Gasteiger partial charge in [0.2, 0.25) is 5.91 Å². The van der Waals surface area contributed by atoms with Crippen molar-refractivity contribution >= 4 is 5.91 Å². The molecular weight excluding hydrogens is 236 g/mol. The predicted octanol–water partition coefficient (Wildman–Crippen LogP) is 3.15. The molecule has 2 aliphatic rings. The SMILES string of the molecule is CC(C)CC1NC(C)N(CCC2CCCCC2)C1=O. The predicted molar refractivity (Wildman–Crippen MR) is 78.7 cm³/mol. The number of carbonyl (C=O) groups is 1. The number of rotatable bonds is 5. The molecular formula is C16H30N2O. The van der Waals surface area contributed by atoms with Crippen molar-refractivity contribution in [1.29, 1.82) is 0 Å². The van der Waals surface area contributed by atoms with E-state index < -0.39 is 0 Å². The minimum absolute atomic E-state index is 0.0568. The van der Waals surface area contributed by atoms with E-state index in [9.17, 15) is 4.79 Å². The molecule has 2 rings (SSSR count). The maximum atomic E-state index is 12.4. The maximum Gasteiger partial charge on any atom is 0.241 e. The van der Waals surface area contributed by atoms with Crippen LogP contribution in [0.15, 0.2) is 0 Å². The van der Waals surface area contributed by atoms with Crippen molar-refractivity contribution in [3.63, 3.8) is 0 Å². The molecule has 19 heavy (non-hydrogen) atoms. The Morgan fingerprint density at radius 3 is 2.58 bits per heavy atom. The largest absolute Gasteiger partial charge is 0.326 e. The standard InChI is InChI=1S/C16H30N2O/c1-12(2)11-15-16(19)18(13(3)17-15)10-9-14-7-5-4-6-8-14/h12-15,17H,4-11H2,1-3H3. The first-order valence-electron chi connectivity index (χ1n) is 8.14. The van der Waals surface area contributed by atoms with E-state index in [0.29, 0.717) is 11.8 Å². The highest BCUT2D eigenvalue weighted by Gasteiger charge is 2.36. The van der Waals surface area contributed by atoms with Crippen LogP contribution >= 0.6 is 0 Å². The molecule has 2 unspecified atom stereocenters. The molecule has 1 aliphatic heterocycles. The second-order valence-corrected chi connectivity index (χ2v) is 6.85. The Kier molecular flexibility index (Phi) is 5.26. The summed E-state index contributed by atoms with van der Waals surface area (Å²) in [6, 6.07) is 0.0568. The summed E-state index contributed by atoms with van der Waals surface area (Å²) in [7, 11) is 0. The average Bonchev–Trinajstić information content (AvgIpc) is 2.63. The third kappa shape index (κ3) is 3.95. The van der Waals surface area contributed by atoms with Gasteiger partial charge in [0.05, 0.1) is 12.2 Å². The van der Waals surface area contributed by atoms with Crippen LogP contribution in [0.5, 0.6) is 0 Å². The molecule has 2 atom stereocenters. The minimum Gasteiger partial charge on any atom is -0.326 e. The molecule has 110 valence electrons. The van der Waals surface area contributed by atoms with Crippen LogP contribution in [0.1, 0.15) is 65.7 Å². The normalized spacial score (nSPS) is 29.5. The quantitative estimate of drug-likeness (QED) is 0.829. The van der Waals surface area contributed by atoms with Gasteiger partial charge in [-0.3, -0.25) is 10.1 Å². The van der Waals surface area contributed by atoms with Crippen LogP contribution in [-0.2, 0) is 4.79 Å². The zero-order valence-corrected chi connectivity index (χ0v) is 12.8. The molecule has 0 aromatic rings. The van der Waals surface area contributed by atoms with E-state index in [4.69, 9.17) is 0 Å². The van der Waals surface area contributed by atoms with Crippen LogP contribution in [-0.4, -0.2) is 29.6 Å². The highest BCUT2D eigenvalue weighted by molar-refractivity contribution is 5.84. The van der Waals surface area contributed by atoms with Crippen molar-refractivity contribution in [1.82, 2.24) is 10.2 Å². The third-order valence-electron chi connectivity index (χ3n) is 4.70. The number of nitrogens with one attached hydrogen (secondary N) is 1. The first-order chi connectivity index (χ1) is 9.08. The molecule has 0 aromatic heterocycles. The Bertz CT molecular complexity index is 297. The van der Waals surface area contributed by atoms with Gasteiger partial charge in [-0.15, -0.1) is 0 Å². The van der Waals surface area contributed by atoms with Crippen LogP contribution in [0.2, 0.25) is 0 Å². The lowest BCUT2D eigenvalue weighted by Crippen LogP contribution is -2.36. The van der Waals surface area contributed by atoms with Gasteiger partial charge >= 0.3 is 0 Å². The first-order valence-corrected chi connectivity index (χ1v) is 8.14. The first kappa shape index (κ1) is 14.8. The summed E-state index contributed by atoms with van der Waals surface area (Å²) >= 11 is 0. The Morgan fingerprint density at radius 1 is 1.26 bits per heavy atom. The summed E-state index contributed by atoms with van der Waals surface area (Å²) in [5, 5.41) is 3.45. The second-order valence-electron chi connectivity index (χ2n) is 6.85. The van der Waals surface area contributed by atoms with Crippen LogP contribution < -0.4 is 5.32 Å². The maximum absolute atomic E-state index is 12.4. The lowest BCUT2D eigenvalue weighted by molar-refractivity contribution is -0.130. The molecule has 1 heterocycles. The second kappa shape index (κ2) is 6.74. The Hall–Kier alpha value is -0.570. The molecule has 2 fully saturated rings. The molecule has 1 amide bonds. The highest BCUT2D eigenvalue weighted by Crippen LogP contribution is 2.27. The van der Waals surface area contributed by atoms with Crippen molar-refractivity contribution in [2.75, 3.05) is 6.54 Å². The molecule has 0 spiro atoms. The monoisotopic (exact) mass is 266 g/mol. The van der Waals surface area contributed by atoms with Crippen molar-refractivity contribution in [2.24, 2.45) is 11.8 Å². The van der Waals surface area contributed by atoms with Gasteiger partial charge < -0.3 is 4.90 Å². The summed E-state index contributed by atoms with van der Waals surface area (Å²) in [5.74, 6) is 1.77. The Labute approximate surface area is 118 Å². The smallest absolute Gasteiger partial charge is 0.241 e. The van der Waals surface area contributed by atoms with Gasteiger partial charge in [0, 0.05) is 6.54 Å². The highest BCUT2D eigenvalue weighted by atomic mass is 16.2. The van der Waals surface area contributed by atoms with Gasteiger partial charge in [0.1, 0.15) is 0 Å². The number of hydrogen-bond acceptors (Lipinski definition) is 2. The number of nitrogens with zero attached hydrogens (tertiary/aromatic N) is 1. The topological polar surface area (TPSA) is 32.3 Å². The fourth-order valence-electron chi connectivity index (χ4n) is 3.59. The van der Waals surface area contributed by atoms with E-state index in [1.54, 1.807) is 0 Å². The fourth-order valence-corrected chi connectivity index (χ4v) is 3.59. The van der Waals surface area contributed by atoms with Crippen molar-refractivity contribution in [3.05, 3.63) is 0 Å². The zero-order valence-electron chi connectivity index (χ0n) is 12.8. The fraction of sp³-hybridized carbons (Fsp3) is 0.938. The van der Waals surface area contributed by atoms with E-state index in [0.717, 1.165) is 18.9 Å². The molecule has 1 N–H and O–H groups in total. The number of carbonyl (C=O) groups excluding carboxylic acids is 1. The van der Waals surface area contributed by atoms with Crippen molar-refractivity contribution in [3.8, 4) is 0 Å². The minimum atomic E-state index is 0.0568. The molecule has 1 saturated heterocycles. The summed E-state index contributed by atoms with van der Waals surface area (Å²) in [6.45, 7) is 7.44. The van der Waals surface area contributed by atoms with Crippen LogP contribution in [0, 0.1) is 11.8 Å². The summed E-state index contributed by atoms with van der Waals surface area (Å²) in [6.07, 6.45) is 9.33. The zero-order chi connectivity index (χ0) is 13.8. The van der Waals surface area contributed by atoms with Gasteiger partial charge in [-0.05, 0) is 31.6 Å². The molecule has 0 radical (unpaired) electrons. The third-order valence-corrected chi connectivity index (χ3v) is 4.70. The molecule has 3 nitrogen and oxygen atoms in total. The van der Waals surface area contributed by atoms with Crippen LogP contribution in [0.4, 0.5) is 0 Å². The molecule has 1 aliphatic carbocycles. The lowest BCUT2D eigenvalue weighted by Gasteiger charge is -2.26. The van der Waals surface area contributed by atoms with Gasteiger partial charge in [0.25, 0.3) is 0 Å². The Morgan fingerprint density at radius 2 is 1.95 bits per heavy atom. The van der Waals surface area contributed by atoms with Gasteiger partial charge in [0.15, 0.2) is 0 Å².